The molecule has 5 nitrogen and oxygen atoms in total. The van der Waals surface area contributed by atoms with Crippen molar-refractivity contribution >= 4 is 51.4 Å². The molecule has 0 spiro atoms. The molecule has 0 radical (unpaired) electrons. The molecule has 0 aromatic heterocycles. The summed E-state index contributed by atoms with van der Waals surface area (Å²) in [5.41, 5.74) is 1.14. The molecule has 2 fully saturated rings. The van der Waals surface area contributed by atoms with Gasteiger partial charge in [0.05, 0.1) is 17.5 Å². The SMILES string of the molecule is CC(NC(=NCC1CCS(=O)(=O)C1)NC1CCCC1)c1ccc(Cl)cc1.I. The average Bonchev–Trinajstić information content (AvgIpc) is 3.22. The topological polar surface area (TPSA) is 70.6 Å². The van der Waals surface area contributed by atoms with Crippen molar-refractivity contribution in [1.29, 1.82) is 0 Å². The molecule has 152 valence electrons. The van der Waals surface area contributed by atoms with Crippen molar-refractivity contribution in [3.63, 3.8) is 0 Å². The molecule has 2 unspecified atom stereocenters. The van der Waals surface area contributed by atoms with E-state index in [4.69, 9.17) is 16.6 Å². The molecule has 1 saturated carbocycles. The summed E-state index contributed by atoms with van der Waals surface area (Å²) in [7, 11) is -2.86. The Morgan fingerprint density at radius 1 is 1.22 bits per heavy atom. The second kappa shape index (κ2) is 10.3. The van der Waals surface area contributed by atoms with Gasteiger partial charge in [-0.2, -0.15) is 0 Å². The molecule has 27 heavy (non-hydrogen) atoms. The molecule has 3 rings (SSSR count). The minimum atomic E-state index is -2.86. The summed E-state index contributed by atoms with van der Waals surface area (Å²) in [6, 6.07) is 8.34. The molecule has 0 bridgehead atoms. The van der Waals surface area contributed by atoms with Gasteiger partial charge in [-0.1, -0.05) is 36.6 Å². The fraction of sp³-hybridized carbons (Fsp3) is 0.632. The molecule has 8 heteroatoms. The monoisotopic (exact) mass is 525 g/mol. The van der Waals surface area contributed by atoms with E-state index in [2.05, 4.69) is 17.6 Å². The molecule has 0 amide bonds. The number of hydrogen-bond acceptors (Lipinski definition) is 3. The van der Waals surface area contributed by atoms with Crippen LogP contribution >= 0.6 is 35.6 Å². The standard InChI is InChI=1S/C19H28ClN3O2S.HI/c1-14(16-6-8-17(20)9-7-16)22-19(23-18-4-2-3-5-18)21-12-15-10-11-26(24,25)13-15;/h6-9,14-15,18H,2-5,10-13H2,1H3,(H2,21,22,23);1H. The maximum Gasteiger partial charge on any atom is 0.191 e. The van der Waals surface area contributed by atoms with Crippen LogP contribution in [0.1, 0.15) is 50.6 Å². The number of nitrogens with one attached hydrogen (secondary N) is 2. The molecule has 2 atom stereocenters. The van der Waals surface area contributed by atoms with Crippen molar-refractivity contribution in [3.8, 4) is 0 Å². The van der Waals surface area contributed by atoms with Gasteiger partial charge in [-0.25, -0.2) is 8.42 Å². The van der Waals surface area contributed by atoms with Gasteiger partial charge < -0.3 is 10.6 Å². The van der Waals surface area contributed by atoms with E-state index in [9.17, 15) is 8.42 Å². The van der Waals surface area contributed by atoms with Gasteiger partial charge in [-0.15, -0.1) is 24.0 Å². The van der Waals surface area contributed by atoms with Crippen LogP contribution in [-0.4, -0.2) is 38.5 Å². The first-order valence-electron chi connectivity index (χ1n) is 9.45. The molecule has 1 heterocycles. The Hall–Kier alpha value is -0.540. The predicted octanol–water partition coefficient (Wildman–Crippen LogP) is 3.93. The van der Waals surface area contributed by atoms with E-state index in [0.29, 0.717) is 18.3 Å². The molecular weight excluding hydrogens is 497 g/mol. The quantitative estimate of drug-likeness (QED) is 0.347. The van der Waals surface area contributed by atoms with Crippen molar-refractivity contribution in [3.05, 3.63) is 34.9 Å². The summed E-state index contributed by atoms with van der Waals surface area (Å²) in [5.74, 6) is 1.48. The third kappa shape index (κ3) is 7.09. The van der Waals surface area contributed by atoms with E-state index in [0.717, 1.165) is 35.8 Å². The summed E-state index contributed by atoms with van der Waals surface area (Å²) in [6.07, 6.45) is 5.54. The Morgan fingerprint density at radius 2 is 1.89 bits per heavy atom. The first-order valence-corrected chi connectivity index (χ1v) is 11.6. The maximum absolute atomic E-state index is 11.7. The number of hydrogen-bond donors (Lipinski definition) is 2. The van der Waals surface area contributed by atoms with Gasteiger partial charge in [0.15, 0.2) is 15.8 Å². The van der Waals surface area contributed by atoms with Crippen molar-refractivity contribution in [1.82, 2.24) is 10.6 Å². The lowest BCUT2D eigenvalue weighted by molar-refractivity contribution is 0.572. The fourth-order valence-corrected chi connectivity index (χ4v) is 5.65. The number of halogens is 2. The maximum atomic E-state index is 11.7. The highest BCUT2D eigenvalue weighted by molar-refractivity contribution is 14.0. The molecule has 1 aliphatic carbocycles. The van der Waals surface area contributed by atoms with Gasteiger partial charge in [-0.05, 0) is 49.8 Å². The van der Waals surface area contributed by atoms with Gasteiger partial charge in [0.1, 0.15) is 0 Å². The smallest absolute Gasteiger partial charge is 0.191 e. The van der Waals surface area contributed by atoms with Crippen LogP contribution in [0.25, 0.3) is 0 Å². The Labute approximate surface area is 184 Å². The number of nitrogens with zero attached hydrogens (tertiary/aromatic N) is 1. The van der Waals surface area contributed by atoms with Gasteiger partial charge in [0.2, 0.25) is 0 Å². The van der Waals surface area contributed by atoms with Crippen LogP contribution in [0.5, 0.6) is 0 Å². The van der Waals surface area contributed by atoms with Crippen LogP contribution in [-0.2, 0) is 9.84 Å². The van der Waals surface area contributed by atoms with E-state index in [-0.39, 0.29) is 41.7 Å². The largest absolute Gasteiger partial charge is 0.354 e. The van der Waals surface area contributed by atoms with Crippen LogP contribution in [0.2, 0.25) is 5.02 Å². The van der Waals surface area contributed by atoms with Crippen LogP contribution in [0.15, 0.2) is 29.3 Å². The zero-order valence-corrected chi connectivity index (χ0v) is 19.6. The minimum absolute atomic E-state index is 0. The van der Waals surface area contributed by atoms with Crippen molar-refractivity contribution in [2.75, 3.05) is 18.1 Å². The molecule has 1 aromatic carbocycles. The van der Waals surface area contributed by atoms with Gasteiger partial charge in [0.25, 0.3) is 0 Å². The Balaban J connectivity index is 0.00000261. The molecule has 1 aromatic rings. The first-order chi connectivity index (χ1) is 12.4. The zero-order chi connectivity index (χ0) is 18.6. The fourth-order valence-electron chi connectivity index (χ4n) is 3.67. The minimum Gasteiger partial charge on any atom is -0.354 e. The Kier molecular flexibility index (Phi) is 8.68. The summed E-state index contributed by atoms with van der Waals surface area (Å²) in [6.45, 7) is 2.64. The number of guanidine groups is 1. The van der Waals surface area contributed by atoms with Gasteiger partial charge in [-0.3, -0.25) is 4.99 Å². The zero-order valence-electron chi connectivity index (χ0n) is 15.7. The Morgan fingerprint density at radius 3 is 2.48 bits per heavy atom. The van der Waals surface area contributed by atoms with E-state index >= 15 is 0 Å². The van der Waals surface area contributed by atoms with Crippen molar-refractivity contribution in [2.45, 2.75) is 51.1 Å². The molecular formula is C19H29ClIN3O2S. The molecule has 2 aliphatic rings. The van der Waals surface area contributed by atoms with Crippen molar-refractivity contribution in [2.24, 2.45) is 10.9 Å². The normalized spacial score (nSPS) is 23.6. The number of sulfone groups is 1. The first kappa shape index (κ1) is 22.7. The predicted molar refractivity (Wildman–Crippen MR) is 123 cm³/mol. The number of aliphatic imine (C=N–C) groups is 1. The summed E-state index contributed by atoms with van der Waals surface area (Å²) in [4.78, 5) is 4.72. The Bertz CT molecular complexity index is 734. The van der Waals surface area contributed by atoms with E-state index in [1.54, 1.807) is 0 Å². The van der Waals surface area contributed by atoms with Crippen molar-refractivity contribution < 1.29 is 8.42 Å². The third-order valence-corrected chi connectivity index (χ3v) is 7.34. The molecule has 1 aliphatic heterocycles. The lowest BCUT2D eigenvalue weighted by Crippen LogP contribution is -2.43. The van der Waals surface area contributed by atoms with E-state index in [1.807, 2.05) is 24.3 Å². The lowest BCUT2D eigenvalue weighted by Gasteiger charge is -2.22. The number of benzene rings is 1. The highest BCUT2D eigenvalue weighted by Gasteiger charge is 2.27. The van der Waals surface area contributed by atoms with E-state index < -0.39 is 9.84 Å². The van der Waals surface area contributed by atoms with Crippen LogP contribution in [0.3, 0.4) is 0 Å². The lowest BCUT2D eigenvalue weighted by atomic mass is 10.1. The summed E-state index contributed by atoms with van der Waals surface area (Å²) in [5, 5.41) is 7.73. The summed E-state index contributed by atoms with van der Waals surface area (Å²) < 4.78 is 23.3. The van der Waals surface area contributed by atoms with Gasteiger partial charge >= 0.3 is 0 Å². The molecule has 2 N–H and O–H groups in total. The average molecular weight is 526 g/mol. The third-order valence-electron chi connectivity index (χ3n) is 5.25. The van der Waals surface area contributed by atoms with Crippen LogP contribution < -0.4 is 10.6 Å². The second-order valence-corrected chi connectivity index (χ2v) is 10.2. The van der Waals surface area contributed by atoms with Crippen LogP contribution in [0, 0.1) is 5.92 Å². The number of rotatable bonds is 5. The highest BCUT2D eigenvalue weighted by atomic mass is 127. The second-order valence-electron chi connectivity index (χ2n) is 7.50. The molecule has 1 saturated heterocycles. The van der Waals surface area contributed by atoms with Crippen LogP contribution in [0.4, 0.5) is 0 Å². The van der Waals surface area contributed by atoms with Gasteiger partial charge in [0, 0.05) is 17.6 Å². The highest BCUT2D eigenvalue weighted by Crippen LogP contribution is 2.20. The van der Waals surface area contributed by atoms with E-state index in [1.165, 1.54) is 12.8 Å². The summed E-state index contributed by atoms with van der Waals surface area (Å²) >= 11 is 5.98.